The summed E-state index contributed by atoms with van der Waals surface area (Å²) in [5.74, 6) is -0.313. The van der Waals surface area contributed by atoms with Gasteiger partial charge >= 0.3 is 0 Å². The van der Waals surface area contributed by atoms with Crippen LogP contribution < -0.4 is 0 Å². The molecule has 0 fully saturated rings. The van der Waals surface area contributed by atoms with Gasteiger partial charge in [0.15, 0.2) is 0 Å². The van der Waals surface area contributed by atoms with E-state index >= 15 is 0 Å². The summed E-state index contributed by atoms with van der Waals surface area (Å²) in [5, 5.41) is 0.266. The van der Waals surface area contributed by atoms with Gasteiger partial charge in [-0.15, -0.1) is 0 Å². The van der Waals surface area contributed by atoms with Gasteiger partial charge in [-0.1, -0.05) is 42.8 Å². The summed E-state index contributed by atoms with van der Waals surface area (Å²) in [5.41, 5.74) is 1.09. The van der Waals surface area contributed by atoms with E-state index in [9.17, 15) is 4.39 Å². The Kier molecular flexibility index (Phi) is 5.73. The van der Waals surface area contributed by atoms with Crippen molar-refractivity contribution in [1.82, 2.24) is 0 Å². The van der Waals surface area contributed by atoms with Crippen LogP contribution in [0.4, 0.5) is 4.39 Å². The SMILES string of the molecule is C=C/C(=C\C/C(Cl)=C(\C)F)CC. The lowest BCUT2D eigenvalue weighted by atomic mass is 10.1. The Morgan fingerprint density at radius 2 is 2.17 bits per heavy atom. The Morgan fingerprint density at radius 1 is 1.58 bits per heavy atom. The summed E-state index contributed by atoms with van der Waals surface area (Å²) in [6.45, 7) is 7.01. The van der Waals surface area contributed by atoms with Crippen LogP contribution in [0, 0.1) is 0 Å². The van der Waals surface area contributed by atoms with Crippen LogP contribution in [0.5, 0.6) is 0 Å². The van der Waals surface area contributed by atoms with Gasteiger partial charge in [0, 0.05) is 6.42 Å². The van der Waals surface area contributed by atoms with Crippen molar-refractivity contribution in [3.8, 4) is 0 Å². The highest BCUT2D eigenvalue weighted by atomic mass is 35.5. The zero-order valence-electron chi connectivity index (χ0n) is 7.53. The molecule has 68 valence electrons. The van der Waals surface area contributed by atoms with Crippen LogP contribution in [0.3, 0.4) is 0 Å². The lowest BCUT2D eigenvalue weighted by molar-refractivity contribution is 0.632. The van der Waals surface area contributed by atoms with Gasteiger partial charge in [-0.3, -0.25) is 0 Å². The molecule has 0 aromatic carbocycles. The monoisotopic (exact) mass is 188 g/mol. The first-order chi connectivity index (χ1) is 5.61. The number of rotatable bonds is 4. The molecule has 0 aromatic rings. The molecule has 0 aliphatic rings. The molecule has 0 atom stereocenters. The van der Waals surface area contributed by atoms with Gasteiger partial charge in [-0.2, -0.15) is 0 Å². The summed E-state index contributed by atoms with van der Waals surface area (Å²) in [4.78, 5) is 0. The highest BCUT2D eigenvalue weighted by molar-refractivity contribution is 6.29. The summed E-state index contributed by atoms with van der Waals surface area (Å²) in [6.07, 6.45) is 5.01. The minimum Gasteiger partial charge on any atom is -0.211 e. The molecule has 0 aromatic heterocycles. The highest BCUT2D eigenvalue weighted by Gasteiger charge is 1.95. The van der Waals surface area contributed by atoms with E-state index in [4.69, 9.17) is 11.6 Å². The van der Waals surface area contributed by atoms with Crippen LogP contribution in [-0.2, 0) is 0 Å². The Bertz CT molecular complexity index is 210. The van der Waals surface area contributed by atoms with Crippen molar-refractivity contribution in [2.45, 2.75) is 26.7 Å². The quantitative estimate of drug-likeness (QED) is 0.576. The molecule has 0 amide bonds. The second-order valence-corrected chi connectivity index (χ2v) is 2.94. The van der Waals surface area contributed by atoms with Crippen molar-refractivity contribution < 1.29 is 4.39 Å². The largest absolute Gasteiger partial charge is 0.211 e. The van der Waals surface area contributed by atoms with Crippen LogP contribution in [0.2, 0.25) is 0 Å². The topological polar surface area (TPSA) is 0 Å². The van der Waals surface area contributed by atoms with Gasteiger partial charge < -0.3 is 0 Å². The molecule has 0 saturated carbocycles. The maximum atomic E-state index is 12.4. The average Bonchev–Trinajstić information content (AvgIpc) is 2.05. The first kappa shape index (κ1) is 11.4. The Hall–Kier alpha value is -0.560. The van der Waals surface area contributed by atoms with Gasteiger partial charge in [-0.05, 0) is 13.3 Å². The third-order valence-corrected chi connectivity index (χ3v) is 2.00. The molecule has 0 rings (SSSR count). The first-order valence-electron chi connectivity index (χ1n) is 3.94. The van der Waals surface area contributed by atoms with E-state index in [0.29, 0.717) is 6.42 Å². The third-order valence-electron chi connectivity index (χ3n) is 1.59. The van der Waals surface area contributed by atoms with E-state index in [1.54, 1.807) is 6.08 Å². The molecule has 0 saturated heterocycles. The summed E-state index contributed by atoms with van der Waals surface area (Å²) >= 11 is 5.60. The summed E-state index contributed by atoms with van der Waals surface area (Å²) < 4.78 is 12.4. The molecule has 12 heavy (non-hydrogen) atoms. The molecule has 0 spiro atoms. The Morgan fingerprint density at radius 3 is 2.50 bits per heavy atom. The Labute approximate surface area is 78.4 Å². The molecule has 0 heterocycles. The maximum absolute atomic E-state index is 12.4. The van der Waals surface area contributed by atoms with E-state index in [-0.39, 0.29) is 10.9 Å². The number of allylic oxidation sites excluding steroid dienone is 5. The molecule has 0 unspecified atom stereocenters. The minimum atomic E-state index is -0.313. The lowest BCUT2D eigenvalue weighted by Gasteiger charge is -1.97. The molecular formula is C10H14ClF. The fourth-order valence-electron chi connectivity index (χ4n) is 0.733. The zero-order valence-corrected chi connectivity index (χ0v) is 8.29. The van der Waals surface area contributed by atoms with Crippen molar-refractivity contribution in [2.24, 2.45) is 0 Å². The standard InChI is InChI=1S/C10H14ClF/c1-4-9(5-2)6-7-10(11)8(3)12/h4,6H,1,5,7H2,2-3H3/b9-6+,10-8-. The van der Waals surface area contributed by atoms with Crippen LogP contribution in [-0.4, -0.2) is 0 Å². The molecule has 0 nitrogen and oxygen atoms in total. The van der Waals surface area contributed by atoms with Crippen LogP contribution in [0.15, 0.2) is 35.2 Å². The van der Waals surface area contributed by atoms with Crippen molar-refractivity contribution in [3.05, 3.63) is 35.2 Å². The van der Waals surface area contributed by atoms with E-state index in [2.05, 4.69) is 6.58 Å². The van der Waals surface area contributed by atoms with Gasteiger partial charge in [0.1, 0.15) is 5.83 Å². The molecule has 0 bridgehead atoms. The van der Waals surface area contributed by atoms with Gasteiger partial charge in [-0.25, -0.2) is 4.39 Å². The summed E-state index contributed by atoms with van der Waals surface area (Å²) in [6, 6.07) is 0. The maximum Gasteiger partial charge on any atom is 0.112 e. The molecule has 0 N–H and O–H groups in total. The minimum absolute atomic E-state index is 0.266. The Balaban J connectivity index is 4.20. The number of halogens is 2. The molecule has 0 aliphatic carbocycles. The smallest absolute Gasteiger partial charge is 0.112 e. The van der Waals surface area contributed by atoms with Crippen LogP contribution >= 0.6 is 11.6 Å². The van der Waals surface area contributed by atoms with Crippen molar-refractivity contribution in [2.75, 3.05) is 0 Å². The molecular weight excluding hydrogens is 175 g/mol. The van der Waals surface area contributed by atoms with E-state index in [1.165, 1.54) is 6.92 Å². The van der Waals surface area contributed by atoms with Gasteiger partial charge in [0.2, 0.25) is 0 Å². The van der Waals surface area contributed by atoms with Crippen molar-refractivity contribution in [1.29, 1.82) is 0 Å². The molecule has 0 aliphatic heterocycles. The predicted octanol–water partition coefficient (Wildman–Crippen LogP) is 4.34. The average molecular weight is 189 g/mol. The number of hydrogen-bond acceptors (Lipinski definition) is 0. The second-order valence-electron chi connectivity index (χ2n) is 2.48. The second kappa shape index (κ2) is 6.01. The normalized spacial score (nSPS) is 14.2. The van der Waals surface area contributed by atoms with Gasteiger partial charge in [0.05, 0.1) is 5.03 Å². The molecule has 2 heteroatoms. The zero-order chi connectivity index (χ0) is 9.56. The van der Waals surface area contributed by atoms with Crippen molar-refractivity contribution >= 4 is 11.6 Å². The van der Waals surface area contributed by atoms with Crippen LogP contribution in [0.1, 0.15) is 26.7 Å². The fraction of sp³-hybridized carbons (Fsp3) is 0.400. The number of hydrogen-bond donors (Lipinski definition) is 0. The fourth-order valence-corrected chi connectivity index (χ4v) is 0.810. The van der Waals surface area contributed by atoms with E-state index in [0.717, 1.165) is 12.0 Å². The van der Waals surface area contributed by atoms with E-state index < -0.39 is 0 Å². The third kappa shape index (κ3) is 4.35. The summed E-state index contributed by atoms with van der Waals surface area (Å²) in [7, 11) is 0. The first-order valence-corrected chi connectivity index (χ1v) is 4.31. The lowest BCUT2D eigenvalue weighted by Crippen LogP contribution is -1.77. The predicted molar refractivity (Wildman–Crippen MR) is 52.8 cm³/mol. The molecule has 0 radical (unpaired) electrons. The van der Waals surface area contributed by atoms with Crippen LogP contribution in [0.25, 0.3) is 0 Å². The van der Waals surface area contributed by atoms with Gasteiger partial charge in [0.25, 0.3) is 0 Å². The van der Waals surface area contributed by atoms with Crippen molar-refractivity contribution in [3.63, 3.8) is 0 Å². The van der Waals surface area contributed by atoms with E-state index in [1.807, 2.05) is 13.0 Å². The highest BCUT2D eigenvalue weighted by Crippen LogP contribution is 2.16.